The Kier molecular flexibility index (Phi) is 7.91. The van der Waals surface area contributed by atoms with Crippen LogP contribution in [0.15, 0.2) is 76.2 Å². The Morgan fingerprint density at radius 3 is 2.69 bits per heavy atom. The van der Waals surface area contributed by atoms with E-state index in [1.54, 1.807) is 53.7 Å². The summed E-state index contributed by atoms with van der Waals surface area (Å²) in [5.74, 6) is 5.37. The number of aryl methyl sites for hydroxylation is 3. The van der Waals surface area contributed by atoms with Crippen molar-refractivity contribution in [2.45, 2.75) is 31.6 Å². The van der Waals surface area contributed by atoms with E-state index in [4.69, 9.17) is 9.40 Å². The summed E-state index contributed by atoms with van der Waals surface area (Å²) in [6, 6.07) is 16.7. The molecular weight excluding hydrogens is 648 g/mol. The van der Waals surface area contributed by atoms with Gasteiger partial charge in [0, 0.05) is 56.0 Å². The van der Waals surface area contributed by atoms with Gasteiger partial charge in [0.2, 0.25) is 11.8 Å². The van der Waals surface area contributed by atoms with E-state index < -0.39 is 5.92 Å². The second-order valence-electron chi connectivity index (χ2n) is 12.6. The minimum Gasteiger partial charge on any atom is -0.448 e. The lowest BCUT2D eigenvalue weighted by atomic mass is 9.88. The molecule has 2 N–H and O–H groups in total. The molecule has 254 valence electrons. The number of rotatable bonds is 5. The molecule has 1 atom stereocenters. The number of hydrogen-bond acceptors (Lipinski definition) is 9. The number of anilines is 2. The summed E-state index contributed by atoms with van der Waals surface area (Å²) in [5, 5.41) is 5.93. The van der Waals surface area contributed by atoms with Crippen LogP contribution in [-0.4, -0.2) is 54.9 Å². The first-order valence-corrected chi connectivity index (χ1v) is 16.6. The molecule has 6 aromatic rings. The summed E-state index contributed by atoms with van der Waals surface area (Å²) in [7, 11) is 3.55. The number of imide groups is 1. The molecule has 4 aromatic heterocycles. The van der Waals surface area contributed by atoms with Crippen molar-refractivity contribution in [1.29, 1.82) is 0 Å². The molecule has 0 aliphatic carbocycles. The Labute approximate surface area is 291 Å². The van der Waals surface area contributed by atoms with Gasteiger partial charge in [-0.1, -0.05) is 18.1 Å². The first-order chi connectivity index (χ1) is 24.7. The number of carbonyl (C=O) groups is 3. The van der Waals surface area contributed by atoms with Crippen LogP contribution < -0.4 is 21.2 Å². The lowest BCUT2D eigenvalue weighted by Crippen LogP contribution is -2.39. The van der Waals surface area contributed by atoms with Gasteiger partial charge in [-0.05, 0) is 67.1 Å². The van der Waals surface area contributed by atoms with Crippen LogP contribution in [-0.2, 0) is 30.1 Å². The average Bonchev–Trinajstić information content (AvgIpc) is 3.67. The number of pyridine rings is 1. The molecule has 2 aliphatic heterocycles. The van der Waals surface area contributed by atoms with Gasteiger partial charge in [-0.2, -0.15) is 0 Å². The van der Waals surface area contributed by atoms with E-state index in [0.717, 1.165) is 58.4 Å². The number of nitrogens with one attached hydrogen (secondary N) is 2. The zero-order chi connectivity index (χ0) is 35.2. The average molecular weight is 681 g/mol. The Morgan fingerprint density at radius 1 is 1.00 bits per heavy atom. The molecule has 0 saturated carbocycles. The van der Waals surface area contributed by atoms with E-state index in [0.29, 0.717) is 29.2 Å². The molecule has 13 heteroatoms. The fraction of sp³-hybridized carbons (Fsp3) is 0.237. The molecule has 6 heterocycles. The minimum atomic E-state index is -0.437. The number of nitrogens with zero attached hydrogens (tertiary/aromatic N) is 6. The monoisotopic (exact) mass is 680 g/mol. The number of fused-ring (bicyclic) bond motifs is 3. The first-order valence-electron chi connectivity index (χ1n) is 16.6. The van der Waals surface area contributed by atoms with Crippen molar-refractivity contribution in [1.82, 2.24) is 34.7 Å². The van der Waals surface area contributed by atoms with Crippen LogP contribution in [0.3, 0.4) is 0 Å². The maximum absolute atomic E-state index is 12.8. The van der Waals surface area contributed by atoms with Gasteiger partial charge in [0.1, 0.15) is 11.3 Å². The quantitative estimate of drug-likeness (QED) is 0.204. The van der Waals surface area contributed by atoms with Gasteiger partial charge < -0.3 is 14.6 Å². The number of piperidine rings is 1. The lowest BCUT2D eigenvalue weighted by Gasteiger charge is -2.30. The molecule has 0 radical (unpaired) electrons. The fourth-order valence-corrected chi connectivity index (χ4v) is 6.86. The zero-order valence-electron chi connectivity index (χ0n) is 27.9. The third kappa shape index (κ3) is 5.80. The molecule has 1 saturated heterocycles. The number of benzene rings is 2. The predicted molar refractivity (Wildman–Crippen MR) is 189 cm³/mol. The van der Waals surface area contributed by atoms with Crippen LogP contribution in [0.5, 0.6) is 0 Å². The number of imidazole rings is 1. The molecule has 0 spiro atoms. The second kappa shape index (κ2) is 12.7. The van der Waals surface area contributed by atoms with Crippen molar-refractivity contribution in [2.75, 3.05) is 18.0 Å². The van der Waals surface area contributed by atoms with Gasteiger partial charge in [-0.15, -0.1) is 0 Å². The van der Waals surface area contributed by atoms with Crippen LogP contribution in [0.1, 0.15) is 52.7 Å². The SMILES string of the molecule is Cn1c(=O)n(C)c2cc(N3CCCc4nc(-c5ccc(C(=O)NCC#Cc6cc7c(C8CCC(=O)NC8=O)cccc7o6)nc5)ncc43)ccc21. The van der Waals surface area contributed by atoms with E-state index in [1.807, 2.05) is 36.5 Å². The van der Waals surface area contributed by atoms with E-state index >= 15 is 0 Å². The van der Waals surface area contributed by atoms with Crippen LogP contribution in [0, 0.1) is 11.8 Å². The number of carbonyl (C=O) groups excluding carboxylic acids is 3. The molecule has 0 bridgehead atoms. The van der Waals surface area contributed by atoms with Gasteiger partial charge >= 0.3 is 5.69 Å². The molecule has 51 heavy (non-hydrogen) atoms. The van der Waals surface area contributed by atoms with E-state index in [1.165, 1.54) is 0 Å². The number of aromatic nitrogens is 5. The highest BCUT2D eigenvalue weighted by Crippen LogP contribution is 2.35. The molecule has 8 rings (SSSR count). The van der Waals surface area contributed by atoms with Gasteiger partial charge in [-0.3, -0.25) is 33.8 Å². The molecule has 1 fully saturated rings. The van der Waals surface area contributed by atoms with Gasteiger partial charge in [0.25, 0.3) is 5.91 Å². The Balaban J connectivity index is 0.927. The van der Waals surface area contributed by atoms with Crippen LogP contribution in [0.25, 0.3) is 33.4 Å². The van der Waals surface area contributed by atoms with E-state index in [-0.39, 0.29) is 42.1 Å². The topological polar surface area (TPSA) is 157 Å². The van der Waals surface area contributed by atoms with E-state index in [9.17, 15) is 19.2 Å². The van der Waals surface area contributed by atoms with Crippen molar-refractivity contribution in [3.8, 4) is 23.2 Å². The standard InChI is InChI=1S/C38H32N8O5/c1-44-30-14-11-23(18-31(30)45(2)38(44)50)46-17-5-8-28-32(46)21-41-35(42-28)22-10-13-29(40-20-22)37(49)39-16-4-6-24-19-27-25(7-3-9-33(27)51-24)26-12-15-34(47)43-36(26)48/h3,7,9-11,13-14,18-21,26H,5,8,12,15-17H2,1-2H3,(H,39,49)(H,43,47,48). The molecule has 2 aliphatic rings. The highest BCUT2D eigenvalue weighted by Gasteiger charge is 2.29. The summed E-state index contributed by atoms with van der Waals surface area (Å²) in [5.41, 5.74) is 6.78. The summed E-state index contributed by atoms with van der Waals surface area (Å²) in [6.07, 6.45) is 5.85. The summed E-state index contributed by atoms with van der Waals surface area (Å²) in [6.45, 7) is 0.874. The van der Waals surface area contributed by atoms with E-state index in [2.05, 4.69) is 37.3 Å². The van der Waals surface area contributed by atoms with Crippen molar-refractivity contribution in [3.63, 3.8) is 0 Å². The summed E-state index contributed by atoms with van der Waals surface area (Å²) < 4.78 is 9.16. The van der Waals surface area contributed by atoms with Crippen molar-refractivity contribution < 1.29 is 18.8 Å². The zero-order valence-corrected chi connectivity index (χ0v) is 27.9. The molecule has 1 unspecified atom stereocenters. The van der Waals surface area contributed by atoms with Crippen molar-refractivity contribution >= 4 is 51.1 Å². The first kappa shape index (κ1) is 31.7. The highest BCUT2D eigenvalue weighted by atomic mass is 16.3. The third-order valence-electron chi connectivity index (χ3n) is 9.51. The van der Waals surface area contributed by atoms with Crippen LogP contribution >= 0.6 is 0 Å². The van der Waals surface area contributed by atoms with Gasteiger partial charge in [0.05, 0.1) is 41.1 Å². The van der Waals surface area contributed by atoms with Crippen molar-refractivity contribution in [2.24, 2.45) is 14.1 Å². The summed E-state index contributed by atoms with van der Waals surface area (Å²) >= 11 is 0. The minimum absolute atomic E-state index is 0.0662. The number of amides is 3. The molecular formula is C38H32N8O5. The molecule has 13 nitrogen and oxygen atoms in total. The lowest BCUT2D eigenvalue weighted by molar-refractivity contribution is -0.134. The maximum Gasteiger partial charge on any atom is 0.328 e. The Bertz CT molecular complexity index is 2520. The largest absolute Gasteiger partial charge is 0.448 e. The molecule has 2 aromatic carbocycles. The summed E-state index contributed by atoms with van der Waals surface area (Å²) in [4.78, 5) is 65.3. The normalized spacial score (nSPS) is 15.7. The van der Waals surface area contributed by atoms with Gasteiger partial charge in [0.15, 0.2) is 11.6 Å². The number of furan rings is 1. The molecule has 3 amide bonds. The fourth-order valence-electron chi connectivity index (χ4n) is 6.86. The number of hydrogen-bond donors (Lipinski definition) is 2. The third-order valence-corrected chi connectivity index (χ3v) is 9.51. The second-order valence-corrected chi connectivity index (χ2v) is 12.6. The van der Waals surface area contributed by atoms with Crippen LogP contribution in [0.4, 0.5) is 11.4 Å². The highest BCUT2D eigenvalue weighted by molar-refractivity contribution is 6.02. The van der Waals surface area contributed by atoms with Gasteiger partial charge in [-0.25, -0.2) is 14.8 Å². The maximum atomic E-state index is 12.8. The smallest absolute Gasteiger partial charge is 0.328 e. The Morgan fingerprint density at radius 2 is 1.86 bits per heavy atom. The van der Waals surface area contributed by atoms with Crippen LogP contribution in [0.2, 0.25) is 0 Å². The van der Waals surface area contributed by atoms with Crippen molar-refractivity contribution in [3.05, 3.63) is 100 Å². The predicted octanol–water partition coefficient (Wildman–Crippen LogP) is 3.86. The Hall–Kier alpha value is -6.55.